The molecular formula is C33H27N3Pd+2. The van der Waals surface area contributed by atoms with Crippen molar-refractivity contribution in [2.24, 2.45) is 0 Å². The maximum absolute atomic E-state index is 4.25. The predicted octanol–water partition coefficient (Wildman–Crippen LogP) is 8.24. The van der Waals surface area contributed by atoms with Crippen molar-refractivity contribution in [1.82, 2.24) is 15.0 Å². The average Bonchev–Trinajstić information content (AvgIpc) is 3.01. The van der Waals surface area contributed by atoms with E-state index in [-0.39, 0.29) is 20.4 Å². The van der Waals surface area contributed by atoms with Crippen LogP contribution in [-0.4, -0.2) is 15.0 Å². The van der Waals surface area contributed by atoms with Crippen LogP contribution in [0.5, 0.6) is 0 Å². The van der Waals surface area contributed by atoms with Gasteiger partial charge < -0.3 is 0 Å². The zero-order valence-electron chi connectivity index (χ0n) is 20.2. The zero-order chi connectivity index (χ0) is 24.7. The van der Waals surface area contributed by atoms with E-state index in [0.29, 0.717) is 0 Å². The molecule has 0 aliphatic rings. The molecule has 6 aromatic rings. The fourth-order valence-corrected chi connectivity index (χ4v) is 3.43. The van der Waals surface area contributed by atoms with Gasteiger partial charge in [0.1, 0.15) is 0 Å². The fourth-order valence-electron chi connectivity index (χ4n) is 3.43. The molecule has 0 fully saturated rings. The Hall–Kier alpha value is -4.23. The number of aromatic nitrogens is 3. The number of hydrogen-bond acceptors (Lipinski definition) is 3. The Morgan fingerprint density at radius 3 is 0.730 bits per heavy atom. The standard InChI is InChI=1S/3C11H9N.Pd/c3*1-2-6-10(7-3-1)11-8-4-5-9-12-11;/h3*1-9H;/q;;;+2. The van der Waals surface area contributed by atoms with E-state index in [0.717, 1.165) is 33.8 Å². The van der Waals surface area contributed by atoms with Crippen LogP contribution >= 0.6 is 0 Å². The third-order valence-corrected chi connectivity index (χ3v) is 5.20. The molecular weight excluding hydrogens is 545 g/mol. The van der Waals surface area contributed by atoms with E-state index in [1.165, 1.54) is 0 Å². The molecule has 0 aliphatic carbocycles. The molecule has 3 aromatic carbocycles. The molecule has 0 bridgehead atoms. The molecule has 0 atom stereocenters. The Bertz CT molecular complexity index is 1090. The molecule has 3 nitrogen and oxygen atoms in total. The first kappa shape index (κ1) is 27.4. The molecule has 0 unspecified atom stereocenters. The van der Waals surface area contributed by atoms with E-state index in [9.17, 15) is 0 Å². The quantitative estimate of drug-likeness (QED) is 0.201. The van der Waals surface area contributed by atoms with Crippen LogP contribution in [0.3, 0.4) is 0 Å². The molecule has 37 heavy (non-hydrogen) atoms. The second-order valence-electron chi connectivity index (χ2n) is 7.74. The van der Waals surface area contributed by atoms with Gasteiger partial charge in [-0.1, -0.05) is 109 Å². The van der Waals surface area contributed by atoms with Gasteiger partial charge in [0.2, 0.25) is 0 Å². The van der Waals surface area contributed by atoms with Crippen molar-refractivity contribution in [1.29, 1.82) is 0 Å². The smallest absolute Gasteiger partial charge is 0.256 e. The van der Waals surface area contributed by atoms with E-state index in [1.54, 1.807) is 0 Å². The molecule has 0 saturated heterocycles. The van der Waals surface area contributed by atoms with Crippen molar-refractivity contribution < 1.29 is 20.4 Å². The first-order valence-electron chi connectivity index (χ1n) is 11.8. The topological polar surface area (TPSA) is 38.7 Å². The van der Waals surface area contributed by atoms with Gasteiger partial charge in [-0.3, -0.25) is 15.0 Å². The van der Waals surface area contributed by atoms with Crippen molar-refractivity contribution in [3.8, 4) is 33.8 Å². The molecule has 6 rings (SSSR count). The first-order chi connectivity index (χ1) is 17.9. The number of benzene rings is 3. The summed E-state index contributed by atoms with van der Waals surface area (Å²) >= 11 is 0. The Labute approximate surface area is 232 Å². The van der Waals surface area contributed by atoms with E-state index < -0.39 is 0 Å². The van der Waals surface area contributed by atoms with Crippen molar-refractivity contribution >= 4 is 0 Å². The summed E-state index contributed by atoms with van der Waals surface area (Å²) in [5, 5.41) is 0. The largest absolute Gasteiger partial charge is 2.00 e. The van der Waals surface area contributed by atoms with Crippen LogP contribution in [0.4, 0.5) is 0 Å². The van der Waals surface area contributed by atoms with Gasteiger partial charge in [-0.2, -0.15) is 0 Å². The monoisotopic (exact) mass is 571 g/mol. The minimum atomic E-state index is 0. The third-order valence-electron chi connectivity index (χ3n) is 5.20. The molecule has 182 valence electrons. The Balaban J connectivity index is 0.000000152. The van der Waals surface area contributed by atoms with Gasteiger partial charge in [0.05, 0.1) is 17.1 Å². The number of pyridine rings is 3. The van der Waals surface area contributed by atoms with Gasteiger partial charge in [0.25, 0.3) is 0 Å². The van der Waals surface area contributed by atoms with Crippen LogP contribution in [0.25, 0.3) is 33.8 Å². The summed E-state index contributed by atoms with van der Waals surface area (Å²) in [6, 6.07) is 48.3. The van der Waals surface area contributed by atoms with Crippen molar-refractivity contribution in [2.75, 3.05) is 0 Å². The van der Waals surface area contributed by atoms with E-state index in [4.69, 9.17) is 0 Å². The maximum Gasteiger partial charge on any atom is 2.00 e. The van der Waals surface area contributed by atoms with Crippen LogP contribution in [0.15, 0.2) is 164 Å². The molecule has 0 spiro atoms. The third kappa shape index (κ3) is 9.05. The Morgan fingerprint density at radius 2 is 0.514 bits per heavy atom. The second kappa shape index (κ2) is 15.7. The maximum atomic E-state index is 4.25. The predicted molar refractivity (Wildman–Crippen MR) is 149 cm³/mol. The van der Waals surface area contributed by atoms with Gasteiger partial charge in [-0.05, 0) is 36.4 Å². The van der Waals surface area contributed by atoms with E-state index >= 15 is 0 Å². The summed E-state index contributed by atoms with van der Waals surface area (Å²) in [6.45, 7) is 0. The van der Waals surface area contributed by atoms with E-state index in [2.05, 4.69) is 51.4 Å². The SMILES string of the molecule is [Pd+2].c1ccc(-c2ccccn2)cc1.c1ccc(-c2ccccn2)cc1.c1ccc(-c2ccccn2)cc1. The summed E-state index contributed by atoms with van der Waals surface area (Å²) in [5.74, 6) is 0. The molecule has 4 heteroatoms. The number of hydrogen-bond donors (Lipinski definition) is 0. The van der Waals surface area contributed by atoms with Gasteiger partial charge in [0, 0.05) is 35.3 Å². The molecule has 0 amide bonds. The van der Waals surface area contributed by atoms with Gasteiger partial charge in [-0.25, -0.2) is 0 Å². The van der Waals surface area contributed by atoms with Crippen LogP contribution in [0.1, 0.15) is 0 Å². The van der Waals surface area contributed by atoms with E-state index in [1.807, 2.05) is 128 Å². The normalized spacial score (nSPS) is 9.41. The summed E-state index contributed by atoms with van der Waals surface area (Å²) in [6.07, 6.45) is 5.42. The van der Waals surface area contributed by atoms with Gasteiger partial charge in [-0.15, -0.1) is 0 Å². The number of rotatable bonds is 3. The van der Waals surface area contributed by atoms with Crippen molar-refractivity contribution in [3.05, 3.63) is 164 Å². The molecule has 0 radical (unpaired) electrons. The average molecular weight is 572 g/mol. The van der Waals surface area contributed by atoms with Gasteiger partial charge >= 0.3 is 20.4 Å². The van der Waals surface area contributed by atoms with Crippen LogP contribution in [0.2, 0.25) is 0 Å². The molecule has 3 aromatic heterocycles. The molecule has 0 saturated carbocycles. The molecule has 3 heterocycles. The summed E-state index contributed by atoms with van der Waals surface area (Å²) in [4.78, 5) is 12.7. The van der Waals surface area contributed by atoms with Crippen LogP contribution in [-0.2, 0) is 20.4 Å². The minimum absolute atomic E-state index is 0. The van der Waals surface area contributed by atoms with Gasteiger partial charge in [0.15, 0.2) is 0 Å². The summed E-state index contributed by atoms with van der Waals surface area (Å²) in [7, 11) is 0. The summed E-state index contributed by atoms with van der Waals surface area (Å²) in [5.41, 5.74) is 6.57. The minimum Gasteiger partial charge on any atom is -0.256 e. The zero-order valence-corrected chi connectivity index (χ0v) is 21.8. The number of nitrogens with zero attached hydrogens (tertiary/aromatic N) is 3. The fraction of sp³-hybridized carbons (Fsp3) is 0. The van der Waals surface area contributed by atoms with Crippen LogP contribution < -0.4 is 0 Å². The second-order valence-corrected chi connectivity index (χ2v) is 7.74. The Kier molecular flexibility index (Phi) is 11.6. The van der Waals surface area contributed by atoms with Crippen molar-refractivity contribution in [2.45, 2.75) is 0 Å². The van der Waals surface area contributed by atoms with Crippen LogP contribution in [0, 0.1) is 0 Å². The van der Waals surface area contributed by atoms with Crippen molar-refractivity contribution in [3.63, 3.8) is 0 Å². The molecule has 0 N–H and O–H groups in total. The Morgan fingerprint density at radius 1 is 0.270 bits per heavy atom. The summed E-state index contributed by atoms with van der Waals surface area (Å²) < 4.78 is 0. The first-order valence-corrected chi connectivity index (χ1v) is 11.8. The molecule has 0 aliphatic heterocycles.